The maximum atomic E-state index is 11.9. The van der Waals surface area contributed by atoms with E-state index in [1.54, 1.807) is 6.07 Å². The molecule has 4 rings (SSSR count). The molecule has 108 valence electrons. The van der Waals surface area contributed by atoms with E-state index in [9.17, 15) is 4.79 Å². The van der Waals surface area contributed by atoms with Crippen LogP contribution in [0.3, 0.4) is 0 Å². The highest BCUT2D eigenvalue weighted by Gasteiger charge is 2.13. The minimum atomic E-state index is -0.275. The van der Waals surface area contributed by atoms with Crippen molar-refractivity contribution in [1.29, 1.82) is 0 Å². The third kappa shape index (κ3) is 2.27. The first-order valence-corrected chi connectivity index (χ1v) is 7.43. The third-order valence-corrected chi connectivity index (χ3v) is 3.91. The molecular formula is C15H10N4O2S. The number of furan rings is 1. The van der Waals surface area contributed by atoms with Gasteiger partial charge in [0.05, 0.1) is 0 Å². The highest BCUT2D eigenvalue weighted by atomic mass is 32.1. The minimum Gasteiger partial charge on any atom is -0.454 e. The Labute approximate surface area is 128 Å². The molecule has 3 aromatic heterocycles. The van der Waals surface area contributed by atoms with Crippen LogP contribution in [-0.2, 0) is 0 Å². The molecule has 0 aliphatic heterocycles. The molecule has 0 bridgehead atoms. The van der Waals surface area contributed by atoms with Gasteiger partial charge in [-0.05, 0) is 18.2 Å². The highest BCUT2D eigenvalue weighted by molar-refractivity contribution is 7.14. The first-order chi connectivity index (χ1) is 10.8. The summed E-state index contributed by atoms with van der Waals surface area (Å²) in [6.45, 7) is 0. The van der Waals surface area contributed by atoms with E-state index in [1.807, 2.05) is 35.7 Å². The normalized spacial score (nSPS) is 10.9. The monoisotopic (exact) mass is 310 g/mol. The summed E-state index contributed by atoms with van der Waals surface area (Å²) in [6.07, 6.45) is 1.52. The fraction of sp³-hybridized carbons (Fsp3) is 0. The molecule has 0 radical (unpaired) electrons. The van der Waals surface area contributed by atoms with Gasteiger partial charge in [-0.25, -0.2) is 4.98 Å². The summed E-state index contributed by atoms with van der Waals surface area (Å²) in [6, 6.07) is 11.3. The first kappa shape index (κ1) is 12.8. The van der Waals surface area contributed by atoms with Crippen LogP contribution in [0.5, 0.6) is 0 Å². The number of aromatic amines is 1. The Morgan fingerprint density at radius 2 is 2.18 bits per heavy atom. The molecule has 0 atom stereocenters. The zero-order valence-corrected chi connectivity index (χ0v) is 12.1. The number of anilines is 1. The fourth-order valence-corrected chi connectivity index (χ4v) is 2.79. The van der Waals surface area contributed by atoms with Crippen LogP contribution in [0.2, 0.25) is 0 Å². The number of nitrogens with one attached hydrogen (secondary N) is 2. The molecular weight excluding hydrogens is 300 g/mol. The van der Waals surface area contributed by atoms with Crippen molar-refractivity contribution in [3.8, 4) is 11.5 Å². The maximum absolute atomic E-state index is 11.9. The SMILES string of the molecule is O=C(Nc1nc(-c2cc3ccccc3o2)cs1)c1ccn[nH]1. The number of hydrogen-bond donors (Lipinski definition) is 2. The number of carbonyl (C=O) groups is 1. The second kappa shape index (κ2) is 5.12. The van der Waals surface area contributed by atoms with Crippen LogP contribution in [0.25, 0.3) is 22.4 Å². The summed E-state index contributed by atoms with van der Waals surface area (Å²) >= 11 is 1.34. The summed E-state index contributed by atoms with van der Waals surface area (Å²) < 4.78 is 5.76. The molecule has 0 saturated heterocycles. The Bertz CT molecular complexity index is 906. The van der Waals surface area contributed by atoms with E-state index in [4.69, 9.17) is 4.42 Å². The second-order valence-electron chi connectivity index (χ2n) is 4.61. The number of rotatable bonds is 3. The van der Waals surface area contributed by atoms with Gasteiger partial charge < -0.3 is 4.42 Å². The quantitative estimate of drug-likeness (QED) is 0.606. The number of carbonyl (C=O) groups excluding carboxylic acids is 1. The summed E-state index contributed by atoms with van der Waals surface area (Å²) in [5.74, 6) is 0.405. The summed E-state index contributed by atoms with van der Waals surface area (Å²) in [5, 5.41) is 12.5. The number of H-pyrrole nitrogens is 1. The molecule has 2 N–H and O–H groups in total. The Hall–Kier alpha value is -2.93. The van der Waals surface area contributed by atoms with Gasteiger partial charge in [-0.1, -0.05) is 18.2 Å². The first-order valence-electron chi connectivity index (χ1n) is 6.55. The molecule has 1 amide bonds. The van der Waals surface area contributed by atoms with E-state index in [0.29, 0.717) is 22.3 Å². The van der Waals surface area contributed by atoms with Gasteiger partial charge in [0, 0.05) is 17.0 Å². The standard InChI is InChI=1S/C15H10N4O2S/c20-14(10-5-6-16-19-10)18-15-17-11(8-22-15)13-7-9-3-1-2-4-12(9)21-13/h1-8H,(H,16,19)(H,17,18,20). The Kier molecular flexibility index (Phi) is 2.97. The average Bonchev–Trinajstić information content (AvgIpc) is 3.26. The number of nitrogens with zero attached hydrogens (tertiary/aromatic N) is 2. The van der Waals surface area contributed by atoms with Gasteiger partial charge in [0.1, 0.15) is 17.0 Å². The van der Waals surface area contributed by atoms with Crippen LogP contribution in [0.1, 0.15) is 10.5 Å². The number of para-hydroxylation sites is 1. The lowest BCUT2D eigenvalue weighted by Gasteiger charge is -1.97. The van der Waals surface area contributed by atoms with Gasteiger partial charge >= 0.3 is 0 Å². The van der Waals surface area contributed by atoms with Gasteiger partial charge in [-0.3, -0.25) is 15.2 Å². The Balaban J connectivity index is 1.59. The molecule has 22 heavy (non-hydrogen) atoms. The van der Waals surface area contributed by atoms with E-state index in [0.717, 1.165) is 11.0 Å². The zero-order chi connectivity index (χ0) is 14.9. The van der Waals surface area contributed by atoms with Crippen LogP contribution < -0.4 is 5.32 Å². The van der Waals surface area contributed by atoms with Crippen LogP contribution in [0.4, 0.5) is 5.13 Å². The molecule has 0 unspecified atom stereocenters. The van der Waals surface area contributed by atoms with E-state index < -0.39 is 0 Å². The van der Waals surface area contributed by atoms with Crippen LogP contribution in [0.15, 0.2) is 52.4 Å². The Morgan fingerprint density at radius 1 is 1.27 bits per heavy atom. The van der Waals surface area contributed by atoms with E-state index in [1.165, 1.54) is 17.5 Å². The molecule has 0 fully saturated rings. The minimum absolute atomic E-state index is 0.275. The van der Waals surface area contributed by atoms with Gasteiger partial charge in [0.2, 0.25) is 0 Å². The number of benzene rings is 1. The maximum Gasteiger partial charge on any atom is 0.275 e. The largest absolute Gasteiger partial charge is 0.454 e. The molecule has 0 aliphatic carbocycles. The van der Waals surface area contributed by atoms with Crippen molar-refractivity contribution in [2.24, 2.45) is 0 Å². The van der Waals surface area contributed by atoms with Gasteiger partial charge in [-0.15, -0.1) is 11.3 Å². The fourth-order valence-electron chi connectivity index (χ4n) is 2.10. The van der Waals surface area contributed by atoms with Gasteiger partial charge in [-0.2, -0.15) is 5.10 Å². The molecule has 0 aliphatic rings. The van der Waals surface area contributed by atoms with Crippen molar-refractivity contribution in [3.05, 3.63) is 53.7 Å². The molecule has 4 aromatic rings. The number of thiazole rings is 1. The number of amides is 1. The van der Waals surface area contributed by atoms with Crippen LogP contribution >= 0.6 is 11.3 Å². The zero-order valence-electron chi connectivity index (χ0n) is 11.2. The molecule has 1 aromatic carbocycles. The van der Waals surface area contributed by atoms with Crippen molar-refractivity contribution >= 4 is 33.3 Å². The molecule has 6 nitrogen and oxygen atoms in total. The van der Waals surface area contributed by atoms with Gasteiger partial charge in [0.25, 0.3) is 5.91 Å². The van der Waals surface area contributed by atoms with E-state index >= 15 is 0 Å². The molecule has 3 heterocycles. The number of aromatic nitrogens is 3. The third-order valence-electron chi connectivity index (χ3n) is 3.15. The summed E-state index contributed by atoms with van der Waals surface area (Å²) in [5.41, 5.74) is 1.90. The lowest BCUT2D eigenvalue weighted by atomic mass is 10.2. The summed E-state index contributed by atoms with van der Waals surface area (Å²) in [4.78, 5) is 16.3. The van der Waals surface area contributed by atoms with Gasteiger partial charge in [0.15, 0.2) is 10.9 Å². The lowest BCUT2D eigenvalue weighted by Crippen LogP contribution is -2.12. The van der Waals surface area contributed by atoms with Crippen LogP contribution in [0, 0.1) is 0 Å². The molecule has 0 spiro atoms. The smallest absolute Gasteiger partial charge is 0.275 e. The van der Waals surface area contributed by atoms with Crippen molar-refractivity contribution in [1.82, 2.24) is 15.2 Å². The van der Waals surface area contributed by atoms with Crippen molar-refractivity contribution in [2.75, 3.05) is 5.32 Å². The van der Waals surface area contributed by atoms with Crippen LogP contribution in [-0.4, -0.2) is 21.1 Å². The molecule has 7 heteroatoms. The van der Waals surface area contributed by atoms with Crippen molar-refractivity contribution in [2.45, 2.75) is 0 Å². The summed E-state index contributed by atoms with van der Waals surface area (Å²) in [7, 11) is 0. The lowest BCUT2D eigenvalue weighted by molar-refractivity contribution is 0.102. The molecule has 0 saturated carbocycles. The predicted molar refractivity (Wildman–Crippen MR) is 83.9 cm³/mol. The number of fused-ring (bicyclic) bond motifs is 1. The average molecular weight is 310 g/mol. The topological polar surface area (TPSA) is 83.8 Å². The second-order valence-corrected chi connectivity index (χ2v) is 5.47. The van der Waals surface area contributed by atoms with E-state index in [2.05, 4.69) is 20.5 Å². The van der Waals surface area contributed by atoms with Crippen molar-refractivity contribution in [3.63, 3.8) is 0 Å². The predicted octanol–water partition coefficient (Wildman–Crippen LogP) is 3.53. The van der Waals surface area contributed by atoms with E-state index in [-0.39, 0.29) is 5.91 Å². The van der Waals surface area contributed by atoms with Crippen molar-refractivity contribution < 1.29 is 9.21 Å². The Morgan fingerprint density at radius 3 is 3.00 bits per heavy atom. The highest BCUT2D eigenvalue weighted by Crippen LogP contribution is 2.30. The number of hydrogen-bond acceptors (Lipinski definition) is 5.